The minimum absolute atomic E-state index is 0.0870. The van der Waals surface area contributed by atoms with E-state index < -0.39 is 0 Å². The van der Waals surface area contributed by atoms with Crippen molar-refractivity contribution in [2.24, 2.45) is 23.2 Å². The quantitative estimate of drug-likeness (QED) is 0.338. The molecule has 4 saturated carbocycles. The number of hydrogen-bond acceptors (Lipinski definition) is 4. The van der Waals surface area contributed by atoms with Crippen molar-refractivity contribution in [3.8, 4) is 11.5 Å². The molecule has 1 amide bonds. The highest BCUT2D eigenvalue weighted by Gasteiger charge is 2.54. The van der Waals surface area contributed by atoms with Gasteiger partial charge < -0.3 is 19.4 Å². The summed E-state index contributed by atoms with van der Waals surface area (Å²) in [5, 5.41) is 3.34. The number of fused-ring (bicyclic) bond motifs is 1. The number of amides is 1. The second-order valence-corrected chi connectivity index (χ2v) is 11.6. The number of carbonyl (C=O) groups is 1. The Labute approximate surface area is 219 Å². The molecule has 4 aliphatic rings. The first-order chi connectivity index (χ1) is 18.1. The molecule has 4 aliphatic carbocycles. The van der Waals surface area contributed by atoms with Gasteiger partial charge in [0.15, 0.2) is 11.5 Å². The van der Waals surface area contributed by atoms with Crippen molar-refractivity contribution in [3.05, 3.63) is 54.4 Å². The molecule has 6 heteroatoms. The van der Waals surface area contributed by atoms with Gasteiger partial charge in [-0.2, -0.15) is 0 Å². The number of aromatic nitrogens is 2. The van der Waals surface area contributed by atoms with Crippen LogP contribution in [0.15, 0.2) is 48.5 Å². The molecule has 3 aromatic rings. The molecule has 4 bridgehead atoms. The van der Waals surface area contributed by atoms with Crippen molar-refractivity contribution in [1.29, 1.82) is 0 Å². The maximum Gasteiger partial charge on any atom is 0.226 e. The summed E-state index contributed by atoms with van der Waals surface area (Å²) in [6.07, 6.45) is 10.1. The van der Waals surface area contributed by atoms with Gasteiger partial charge in [-0.15, -0.1) is 0 Å². The summed E-state index contributed by atoms with van der Waals surface area (Å²) < 4.78 is 13.7. The molecule has 0 saturated heterocycles. The highest BCUT2D eigenvalue weighted by molar-refractivity contribution is 5.83. The predicted molar refractivity (Wildman–Crippen MR) is 145 cm³/mol. The number of benzene rings is 2. The molecule has 0 radical (unpaired) electrons. The van der Waals surface area contributed by atoms with Crippen LogP contribution in [0.5, 0.6) is 11.5 Å². The monoisotopic (exact) mass is 501 g/mol. The summed E-state index contributed by atoms with van der Waals surface area (Å²) in [5.74, 6) is 5.27. The molecule has 37 heavy (non-hydrogen) atoms. The van der Waals surface area contributed by atoms with E-state index >= 15 is 0 Å². The van der Waals surface area contributed by atoms with Crippen LogP contribution in [0.4, 0.5) is 0 Å². The van der Waals surface area contributed by atoms with Gasteiger partial charge >= 0.3 is 0 Å². The summed E-state index contributed by atoms with van der Waals surface area (Å²) in [6, 6.07) is 16.1. The van der Waals surface area contributed by atoms with E-state index in [1.165, 1.54) is 19.3 Å². The molecule has 1 N–H and O–H groups in total. The van der Waals surface area contributed by atoms with Crippen LogP contribution in [-0.4, -0.2) is 35.7 Å². The molecule has 2 aromatic carbocycles. The second kappa shape index (κ2) is 10.4. The lowest BCUT2D eigenvalue weighted by molar-refractivity contribution is -0.146. The Kier molecular flexibility index (Phi) is 6.83. The van der Waals surface area contributed by atoms with Gasteiger partial charge in [0, 0.05) is 24.9 Å². The molecule has 7 rings (SSSR count). The van der Waals surface area contributed by atoms with Crippen molar-refractivity contribution < 1.29 is 14.3 Å². The van der Waals surface area contributed by atoms with E-state index in [4.69, 9.17) is 14.5 Å². The van der Waals surface area contributed by atoms with Gasteiger partial charge in [0.05, 0.1) is 24.8 Å². The number of imidazole rings is 1. The van der Waals surface area contributed by atoms with Crippen LogP contribution < -0.4 is 14.8 Å². The first-order valence-electron chi connectivity index (χ1n) is 14.1. The molecule has 0 unspecified atom stereocenters. The molecular formula is C31H39N3O3. The number of carbonyl (C=O) groups excluding carboxylic acids is 1. The number of unbranched alkanes of at least 4 members (excludes halogenated alkanes) is 1. The standard InChI is InChI=1S/C31H39N3O3/c1-36-27-10-4-5-11-28(27)37-15-7-6-14-34-26-9-3-2-8-25(26)33-29(34)12-13-32-30(35)31-19-22-16-23(20-31)18-24(17-22)21-31/h2-5,8-11,22-24H,6-7,12-21H2,1H3,(H,32,35). The Morgan fingerprint density at radius 2 is 1.65 bits per heavy atom. The summed E-state index contributed by atoms with van der Waals surface area (Å²) in [7, 11) is 1.67. The minimum Gasteiger partial charge on any atom is -0.493 e. The minimum atomic E-state index is -0.0870. The first-order valence-corrected chi connectivity index (χ1v) is 14.1. The zero-order valence-electron chi connectivity index (χ0n) is 22.0. The Hall–Kier alpha value is -3.02. The van der Waals surface area contributed by atoms with Gasteiger partial charge in [0.25, 0.3) is 0 Å². The molecule has 196 valence electrons. The van der Waals surface area contributed by atoms with Crippen LogP contribution in [0.25, 0.3) is 11.0 Å². The number of nitrogens with zero attached hydrogens (tertiary/aromatic N) is 2. The Bertz CT molecular complexity index is 1210. The highest BCUT2D eigenvalue weighted by atomic mass is 16.5. The van der Waals surface area contributed by atoms with E-state index in [-0.39, 0.29) is 5.41 Å². The molecule has 0 spiro atoms. The summed E-state index contributed by atoms with van der Waals surface area (Å²) >= 11 is 0. The van der Waals surface area contributed by atoms with E-state index in [9.17, 15) is 4.79 Å². The van der Waals surface area contributed by atoms with E-state index in [0.717, 1.165) is 91.2 Å². The maximum atomic E-state index is 13.4. The average molecular weight is 502 g/mol. The third-order valence-corrected chi connectivity index (χ3v) is 8.99. The lowest BCUT2D eigenvalue weighted by Crippen LogP contribution is -2.53. The first kappa shape index (κ1) is 24.3. The number of ether oxygens (including phenoxy) is 2. The zero-order chi connectivity index (χ0) is 25.2. The summed E-state index contributed by atoms with van der Waals surface area (Å²) in [4.78, 5) is 18.3. The Morgan fingerprint density at radius 3 is 2.38 bits per heavy atom. The van der Waals surface area contributed by atoms with Crippen LogP contribution in [0.3, 0.4) is 0 Å². The molecule has 0 atom stereocenters. The van der Waals surface area contributed by atoms with Crippen molar-refractivity contribution in [1.82, 2.24) is 14.9 Å². The largest absolute Gasteiger partial charge is 0.493 e. The number of rotatable bonds is 11. The fourth-order valence-electron chi connectivity index (χ4n) is 7.72. The van der Waals surface area contributed by atoms with Crippen molar-refractivity contribution in [3.63, 3.8) is 0 Å². The Balaban J connectivity index is 1.05. The van der Waals surface area contributed by atoms with Gasteiger partial charge in [-0.05, 0) is 93.4 Å². The average Bonchev–Trinajstić information content (AvgIpc) is 3.25. The van der Waals surface area contributed by atoms with Crippen molar-refractivity contribution in [2.45, 2.75) is 64.3 Å². The molecule has 0 aliphatic heterocycles. The number of hydrogen-bond donors (Lipinski definition) is 1. The van der Waals surface area contributed by atoms with Gasteiger partial charge in [0.2, 0.25) is 5.91 Å². The van der Waals surface area contributed by atoms with Gasteiger partial charge in [0.1, 0.15) is 5.82 Å². The topological polar surface area (TPSA) is 65.4 Å². The zero-order valence-corrected chi connectivity index (χ0v) is 22.0. The van der Waals surface area contributed by atoms with Crippen LogP contribution in [0, 0.1) is 23.2 Å². The molecule has 6 nitrogen and oxygen atoms in total. The fraction of sp³-hybridized carbons (Fsp3) is 0.548. The van der Waals surface area contributed by atoms with E-state index in [1.54, 1.807) is 7.11 Å². The smallest absolute Gasteiger partial charge is 0.226 e. The van der Waals surface area contributed by atoms with Gasteiger partial charge in [-0.25, -0.2) is 4.98 Å². The molecule has 4 fully saturated rings. The van der Waals surface area contributed by atoms with Crippen molar-refractivity contribution in [2.75, 3.05) is 20.3 Å². The van der Waals surface area contributed by atoms with Crippen LogP contribution in [0.1, 0.15) is 57.2 Å². The summed E-state index contributed by atoms with van der Waals surface area (Å²) in [6.45, 7) is 2.18. The van der Waals surface area contributed by atoms with Crippen molar-refractivity contribution >= 4 is 16.9 Å². The van der Waals surface area contributed by atoms with Crippen LogP contribution >= 0.6 is 0 Å². The number of aryl methyl sites for hydroxylation is 1. The second-order valence-electron chi connectivity index (χ2n) is 11.6. The third-order valence-electron chi connectivity index (χ3n) is 8.99. The fourth-order valence-corrected chi connectivity index (χ4v) is 7.72. The Morgan fingerprint density at radius 1 is 0.973 bits per heavy atom. The number of para-hydroxylation sites is 4. The SMILES string of the molecule is COc1ccccc1OCCCCn1c(CCNC(=O)C23CC4CC(CC(C4)C2)C3)nc2ccccc21. The van der Waals surface area contributed by atoms with Crippen LogP contribution in [0.2, 0.25) is 0 Å². The normalized spacial score (nSPS) is 25.9. The highest BCUT2D eigenvalue weighted by Crippen LogP contribution is 2.60. The summed E-state index contributed by atoms with van der Waals surface area (Å²) in [5.41, 5.74) is 2.10. The number of methoxy groups -OCH3 is 1. The molecular weight excluding hydrogens is 462 g/mol. The van der Waals surface area contributed by atoms with Gasteiger partial charge in [-0.1, -0.05) is 24.3 Å². The molecule has 1 aromatic heterocycles. The lowest BCUT2D eigenvalue weighted by Gasteiger charge is -2.55. The van der Waals surface area contributed by atoms with E-state index in [1.807, 2.05) is 30.3 Å². The predicted octanol–water partition coefficient (Wildman–Crippen LogP) is 5.78. The maximum absolute atomic E-state index is 13.4. The number of nitrogens with one attached hydrogen (secondary N) is 1. The lowest BCUT2D eigenvalue weighted by atomic mass is 9.49. The van der Waals surface area contributed by atoms with E-state index in [0.29, 0.717) is 19.1 Å². The third kappa shape index (κ3) is 4.95. The van der Waals surface area contributed by atoms with Gasteiger partial charge in [-0.3, -0.25) is 4.79 Å². The van der Waals surface area contributed by atoms with E-state index in [2.05, 4.69) is 28.1 Å². The van der Waals surface area contributed by atoms with Crippen LogP contribution in [-0.2, 0) is 17.8 Å². The molecule has 1 heterocycles.